The maximum atomic E-state index is 5.56. The van der Waals surface area contributed by atoms with Crippen molar-refractivity contribution in [3.8, 4) is 10.6 Å². The molecule has 2 N–H and O–H groups in total. The van der Waals surface area contributed by atoms with Crippen LogP contribution >= 0.6 is 11.3 Å². The van der Waals surface area contributed by atoms with Gasteiger partial charge in [-0.1, -0.05) is 48.9 Å². The van der Waals surface area contributed by atoms with E-state index in [1.807, 2.05) is 0 Å². The Morgan fingerprint density at radius 3 is 2.50 bits per heavy atom. The third-order valence-corrected chi connectivity index (χ3v) is 3.26. The first-order chi connectivity index (χ1) is 7.79. The van der Waals surface area contributed by atoms with Gasteiger partial charge < -0.3 is 5.73 Å². The van der Waals surface area contributed by atoms with Gasteiger partial charge in [0.2, 0.25) is 5.13 Å². The van der Waals surface area contributed by atoms with Gasteiger partial charge in [0.15, 0.2) is 0 Å². The number of hydrogen-bond donors (Lipinski definition) is 1. The summed E-state index contributed by atoms with van der Waals surface area (Å²) in [7, 11) is 0. The number of hydrogen-bond acceptors (Lipinski definition) is 4. The van der Waals surface area contributed by atoms with E-state index in [0.29, 0.717) is 5.13 Å². The van der Waals surface area contributed by atoms with Gasteiger partial charge in [0, 0.05) is 5.56 Å². The molecule has 16 heavy (non-hydrogen) atoms. The number of aryl methyl sites for hydroxylation is 1. The zero-order valence-electron chi connectivity index (χ0n) is 9.31. The lowest BCUT2D eigenvalue weighted by atomic mass is 10.1. The molecule has 1 heterocycles. The number of anilines is 1. The third kappa shape index (κ3) is 2.58. The SMILES string of the molecule is CCCCc1ccc(-c2nnc(N)s2)cc1. The van der Waals surface area contributed by atoms with Gasteiger partial charge in [-0.25, -0.2) is 0 Å². The van der Waals surface area contributed by atoms with Crippen LogP contribution in [0.3, 0.4) is 0 Å². The molecule has 0 bridgehead atoms. The molecule has 0 spiro atoms. The minimum atomic E-state index is 0.519. The highest BCUT2D eigenvalue weighted by atomic mass is 32.1. The van der Waals surface area contributed by atoms with Crippen molar-refractivity contribution in [3.05, 3.63) is 29.8 Å². The summed E-state index contributed by atoms with van der Waals surface area (Å²) >= 11 is 1.42. The van der Waals surface area contributed by atoms with Crippen molar-refractivity contribution in [2.75, 3.05) is 5.73 Å². The smallest absolute Gasteiger partial charge is 0.203 e. The molecule has 0 aliphatic heterocycles. The highest BCUT2D eigenvalue weighted by Gasteiger charge is 2.03. The van der Waals surface area contributed by atoms with Crippen molar-refractivity contribution >= 4 is 16.5 Å². The fraction of sp³-hybridized carbons (Fsp3) is 0.333. The molecule has 0 amide bonds. The fourth-order valence-corrected chi connectivity index (χ4v) is 2.16. The first-order valence-corrected chi connectivity index (χ1v) is 6.29. The number of nitrogens with zero attached hydrogens (tertiary/aromatic N) is 2. The summed E-state index contributed by atoms with van der Waals surface area (Å²) in [6.07, 6.45) is 3.62. The molecule has 0 aliphatic rings. The summed E-state index contributed by atoms with van der Waals surface area (Å²) in [6.45, 7) is 2.21. The van der Waals surface area contributed by atoms with E-state index in [4.69, 9.17) is 5.73 Å². The zero-order chi connectivity index (χ0) is 11.4. The van der Waals surface area contributed by atoms with Crippen LogP contribution in [0.5, 0.6) is 0 Å². The van der Waals surface area contributed by atoms with Crippen molar-refractivity contribution in [1.29, 1.82) is 0 Å². The minimum Gasteiger partial charge on any atom is -0.374 e. The molecule has 4 heteroatoms. The van der Waals surface area contributed by atoms with Crippen LogP contribution in [0.25, 0.3) is 10.6 Å². The predicted molar refractivity (Wildman–Crippen MR) is 68.4 cm³/mol. The molecule has 0 atom stereocenters. The Balaban J connectivity index is 2.13. The summed E-state index contributed by atoms with van der Waals surface area (Å²) in [5.74, 6) is 0. The van der Waals surface area contributed by atoms with Crippen molar-refractivity contribution in [2.24, 2.45) is 0 Å². The zero-order valence-corrected chi connectivity index (χ0v) is 10.1. The maximum absolute atomic E-state index is 5.56. The number of aromatic nitrogens is 2. The number of nitrogen functional groups attached to an aromatic ring is 1. The van der Waals surface area contributed by atoms with E-state index < -0.39 is 0 Å². The number of nitrogens with two attached hydrogens (primary N) is 1. The van der Waals surface area contributed by atoms with E-state index >= 15 is 0 Å². The molecule has 0 saturated carbocycles. The molecule has 0 aliphatic carbocycles. The Hall–Kier alpha value is -1.42. The maximum Gasteiger partial charge on any atom is 0.203 e. The van der Waals surface area contributed by atoms with Crippen LogP contribution in [-0.4, -0.2) is 10.2 Å². The van der Waals surface area contributed by atoms with Gasteiger partial charge in [0.1, 0.15) is 5.01 Å². The molecule has 3 nitrogen and oxygen atoms in total. The first kappa shape index (κ1) is 11.1. The average molecular weight is 233 g/mol. The Morgan fingerprint density at radius 2 is 1.94 bits per heavy atom. The van der Waals surface area contributed by atoms with Gasteiger partial charge in [-0.15, -0.1) is 10.2 Å². The highest BCUT2D eigenvalue weighted by molar-refractivity contribution is 7.18. The molecular weight excluding hydrogens is 218 g/mol. The first-order valence-electron chi connectivity index (χ1n) is 5.48. The second kappa shape index (κ2) is 5.07. The highest BCUT2D eigenvalue weighted by Crippen LogP contribution is 2.24. The molecule has 0 radical (unpaired) electrons. The van der Waals surface area contributed by atoms with E-state index in [-0.39, 0.29) is 0 Å². The quantitative estimate of drug-likeness (QED) is 0.882. The largest absolute Gasteiger partial charge is 0.374 e. The van der Waals surface area contributed by atoms with Crippen molar-refractivity contribution < 1.29 is 0 Å². The van der Waals surface area contributed by atoms with Crippen LogP contribution in [-0.2, 0) is 6.42 Å². The Morgan fingerprint density at radius 1 is 1.19 bits per heavy atom. The number of benzene rings is 1. The van der Waals surface area contributed by atoms with Crippen LogP contribution in [0.1, 0.15) is 25.3 Å². The molecular formula is C12H15N3S. The van der Waals surface area contributed by atoms with E-state index in [1.165, 1.54) is 29.7 Å². The second-order valence-corrected chi connectivity index (χ2v) is 4.76. The van der Waals surface area contributed by atoms with E-state index in [0.717, 1.165) is 17.0 Å². The van der Waals surface area contributed by atoms with Crippen LogP contribution < -0.4 is 5.73 Å². The molecule has 0 saturated heterocycles. The van der Waals surface area contributed by atoms with Crippen molar-refractivity contribution in [3.63, 3.8) is 0 Å². The lowest BCUT2D eigenvalue weighted by Crippen LogP contribution is -1.84. The van der Waals surface area contributed by atoms with Crippen LogP contribution in [0.15, 0.2) is 24.3 Å². The molecule has 1 aromatic heterocycles. The average Bonchev–Trinajstić information content (AvgIpc) is 2.74. The van der Waals surface area contributed by atoms with Gasteiger partial charge in [0.05, 0.1) is 0 Å². The molecule has 0 unspecified atom stereocenters. The fourth-order valence-electron chi connectivity index (χ4n) is 1.55. The summed E-state index contributed by atoms with van der Waals surface area (Å²) in [6, 6.07) is 8.49. The minimum absolute atomic E-state index is 0.519. The van der Waals surface area contributed by atoms with E-state index in [2.05, 4.69) is 41.4 Å². The summed E-state index contributed by atoms with van der Waals surface area (Å²) in [4.78, 5) is 0. The molecule has 2 rings (SSSR count). The molecule has 0 fully saturated rings. The van der Waals surface area contributed by atoms with Gasteiger partial charge in [-0.2, -0.15) is 0 Å². The van der Waals surface area contributed by atoms with Crippen LogP contribution in [0.4, 0.5) is 5.13 Å². The number of unbranched alkanes of at least 4 members (excludes halogenated alkanes) is 1. The summed E-state index contributed by atoms with van der Waals surface area (Å²) in [5.41, 5.74) is 8.03. The Kier molecular flexibility index (Phi) is 3.51. The summed E-state index contributed by atoms with van der Waals surface area (Å²) in [5, 5.41) is 9.24. The lowest BCUT2D eigenvalue weighted by Gasteiger charge is -2.00. The number of rotatable bonds is 4. The second-order valence-electron chi connectivity index (χ2n) is 3.75. The van der Waals surface area contributed by atoms with Gasteiger partial charge in [-0.05, 0) is 18.4 Å². The monoisotopic (exact) mass is 233 g/mol. The third-order valence-electron chi connectivity index (χ3n) is 2.46. The van der Waals surface area contributed by atoms with Crippen molar-refractivity contribution in [1.82, 2.24) is 10.2 Å². The van der Waals surface area contributed by atoms with Crippen molar-refractivity contribution in [2.45, 2.75) is 26.2 Å². The lowest BCUT2D eigenvalue weighted by molar-refractivity contribution is 0.795. The van der Waals surface area contributed by atoms with E-state index in [9.17, 15) is 0 Å². The van der Waals surface area contributed by atoms with Gasteiger partial charge in [-0.3, -0.25) is 0 Å². The molecule has 2 aromatic rings. The Labute approximate surface area is 99.3 Å². The van der Waals surface area contributed by atoms with Crippen LogP contribution in [0.2, 0.25) is 0 Å². The van der Waals surface area contributed by atoms with E-state index in [1.54, 1.807) is 0 Å². The summed E-state index contributed by atoms with van der Waals surface area (Å²) < 4.78 is 0. The molecule has 84 valence electrons. The normalized spacial score (nSPS) is 10.6. The van der Waals surface area contributed by atoms with Gasteiger partial charge in [0.25, 0.3) is 0 Å². The van der Waals surface area contributed by atoms with Crippen LogP contribution in [0, 0.1) is 0 Å². The molecule has 1 aromatic carbocycles. The Bertz CT molecular complexity index is 448. The topological polar surface area (TPSA) is 51.8 Å². The standard InChI is InChI=1S/C12H15N3S/c1-2-3-4-9-5-7-10(8-6-9)11-14-15-12(13)16-11/h5-8H,2-4H2,1H3,(H2,13,15). The van der Waals surface area contributed by atoms with Gasteiger partial charge >= 0.3 is 0 Å². The predicted octanol–water partition coefficient (Wildman–Crippen LogP) is 3.13.